The van der Waals surface area contributed by atoms with Gasteiger partial charge in [-0.25, -0.2) is 0 Å². The molecule has 3 aromatic carbocycles. The molecule has 0 aliphatic heterocycles. The molecule has 1 aliphatic rings. The maximum atomic E-state index is 15.3. The molecule has 0 spiro atoms. The third kappa shape index (κ3) is 2.60. The molecular weight excluding hydrogens is 425 g/mol. The topological polar surface area (TPSA) is 9.23 Å². The van der Waals surface area contributed by atoms with Crippen LogP contribution in [0.25, 0.3) is 0 Å². The van der Waals surface area contributed by atoms with Gasteiger partial charge >= 0.3 is 23.6 Å². The van der Waals surface area contributed by atoms with E-state index in [1.165, 1.54) is 72.8 Å². The fourth-order valence-electron chi connectivity index (χ4n) is 3.77. The Bertz CT molecular complexity index is 938. The van der Waals surface area contributed by atoms with Crippen LogP contribution >= 0.6 is 0 Å². The zero-order valence-corrected chi connectivity index (χ0v) is 15.7. The van der Waals surface area contributed by atoms with Crippen molar-refractivity contribution in [3.8, 4) is 0 Å². The number of benzene rings is 3. The first kappa shape index (κ1) is 21.4. The Kier molecular flexibility index (Phi) is 4.70. The van der Waals surface area contributed by atoms with Crippen molar-refractivity contribution in [2.24, 2.45) is 0 Å². The van der Waals surface area contributed by atoms with Gasteiger partial charge in [0.15, 0.2) is 0 Å². The van der Waals surface area contributed by atoms with Gasteiger partial charge in [-0.3, -0.25) is 0 Å². The number of alkyl halides is 7. The summed E-state index contributed by atoms with van der Waals surface area (Å²) in [6, 6.07) is 21.7. The molecule has 0 bridgehead atoms. The lowest BCUT2D eigenvalue weighted by Gasteiger charge is -2.56. The maximum absolute atomic E-state index is 15.3. The number of ether oxygens (including phenoxy) is 1. The smallest absolute Gasteiger partial charge is 0.315 e. The van der Waals surface area contributed by atoms with E-state index in [9.17, 15) is 26.3 Å². The van der Waals surface area contributed by atoms with Crippen molar-refractivity contribution in [3.63, 3.8) is 0 Å². The molecule has 1 aliphatic carbocycles. The number of hydrogen-bond donors (Lipinski definition) is 0. The summed E-state index contributed by atoms with van der Waals surface area (Å²) in [7, 11) is 0. The summed E-state index contributed by atoms with van der Waals surface area (Å²) in [5.74, 6) is -22.7. The van der Waals surface area contributed by atoms with E-state index < -0.39 is 29.2 Å². The van der Waals surface area contributed by atoms with Crippen molar-refractivity contribution >= 4 is 0 Å². The Labute approximate surface area is 173 Å². The van der Waals surface area contributed by atoms with E-state index in [2.05, 4.69) is 0 Å². The van der Waals surface area contributed by atoms with Crippen molar-refractivity contribution in [2.45, 2.75) is 29.2 Å². The molecule has 31 heavy (non-hydrogen) atoms. The summed E-state index contributed by atoms with van der Waals surface area (Å²) in [6.07, 6.45) is 0. The molecule has 162 valence electrons. The van der Waals surface area contributed by atoms with Gasteiger partial charge in [-0.1, -0.05) is 91.0 Å². The van der Waals surface area contributed by atoms with Crippen LogP contribution in [0.4, 0.5) is 30.7 Å². The SMILES string of the molecule is FC1(F)C(F)(F)C(F)(OC(c2ccccc2)(c2ccccc2)c2ccccc2)C1(F)F. The fourth-order valence-corrected chi connectivity index (χ4v) is 3.77. The Morgan fingerprint density at radius 1 is 0.452 bits per heavy atom. The molecule has 0 amide bonds. The zero-order chi connectivity index (χ0) is 22.5. The third-order valence-electron chi connectivity index (χ3n) is 5.43. The Morgan fingerprint density at radius 2 is 0.742 bits per heavy atom. The van der Waals surface area contributed by atoms with Crippen LogP contribution < -0.4 is 0 Å². The number of halogens is 7. The van der Waals surface area contributed by atoms with Crippen LogP contribution in [-0.4, -0.2) is 23.6 Å². The lowest BCUT2D eigenvalue weighted by Crippen LogP contribution is -2.86. The molecule has 0 heterocycles. The average molecular weight is 440 g/mol. The van der Waals surface area contributed by atoms with Crippen LogP contribution in [0.15, 0.2) is 91.0 Å². The minimum Gasteiger partial charge on any atom is -0.315 e. The molecule has 0 aromatic heterocycles. The molecule has 1 nitrogen and oxygen atoms in total. The quantitative estimate of drug-likeness (QED) is 0.322. The highest BCUT2D eigenvalue weighted by atomic mass is 19.4. The predicted octanol–water partition coefficient (Wildman–Crippen LogP) is 6.58. The van der Waals surface area contributed by atoms with E-state index in [0.29, 0.717) is 0 Å². The molecule has 0 radical (unpaired) electrons. The molecule has 0 unspecified atom stereocenters. The molecular formula is C23H15F7O. The summed E-state index contributed by atoms with van der Waals surface area (Å²) in [5.41, 5.74) is -2.36. The normalized spacial score (nSPS) is 20.6. The summed E-state index contributed by atoms with van der Waals surface area (Å²) in [5, 5.41) is 0. The summed E-state index contributed by atoms with van der Waals surface area (Å²) < 4.78 is 104. The third-order valence-corrected chi connectivity index (χ3v) is 5.43. The van der Waals surface area contributed by atoms with Crippen LogP contribution in [0.1, 0.15) is 16.7 Å². The molecule has 3 aromatic rings. The van der Waals surface area contributed by atoms with E-state index in [4.69, 9.17) is 4.74 Å². The standard InChI is InChI=1S/C23H15F7O/c24-20(25)21(26,27)23(30,22(20,28)29)31-19(16-10-4-1-5-11-16,17-12-6-2-7-13-17)18-14-8-3-9-15-18/h1-15H. The minimum absolute atomic E-state index is 0.00578. The second-order valence-corrected chi connectivity index (χ2v) is 7.20. The van der Waals surface area contributed by atoms with E-state index >= 15 is 4.39 Å². The first-order chi connectivity index (χ1) is 14.5. The van der Waals surface area contributed by atoms with Gasteiger partial charge < -0.3 is 4.74 Å². The van der Waals surface area contributed by atoms with E-state index in [1.807, 2.05) is 0 Å². The molecule has 1 saturated carbocycles. The monoisotopic (exact) mass is 440 g/mol. The highest BCUT2D eigenvalue weighted by Gasteiger charge is 3.02. The van der Waals surface area contributed by atoms with Crippen LogP contribution in [0, 0.1) is 0 Å². The van der Waals surface area contributed by atoms with Crippen molar-refractivity contribution < 1.29 is 35.5 Å². The highest BCUT2D eigenvalue weighted by molar-refractivity contribution is 5.48. The second kappa shape index (κ2) is 6.82. The first-order valence-electron chi connectivity index (χ1n) is 9.21. The zero-order valence-electron chi connectivity index (χ0n) is 15.7. The van der Waals surface area contributed by atoms with Gasteiger partial charge in [0.2, 0.25) is 0 Å². The van der Waals surface area contributed by atoms with Gasteiger partial charge in [0, 0.05) is 0 Å². The molecule has 0 saturated heterocycles. The lowest BCUT2D eigenvalue weighted by atomic mass is 9.74. The Balaban J connectivity index is 2.03. The summed E-state index contributed by atoms with van der Waals surface area (Å²) in [4.78, 5) is 0. The van der Waals surface area contributed by atoms with Gasteiger partial charge in [0.05, 0.1) is 0 Å². The molecule has 8 heteroatoms. The lowest BCUT2D eigenvalue weighted by molar-refractivity contribution is -0.541. The van der Waals surface area contributed by atoms with Crippen molar-refractivity contribution in [2.75, 3.05) is 0 Å². The van der Waals surface area contributed by atoms with Crippen molar-refractivity contribution in [3.05, 3.63) is 108 Å². The Morgan fingerprint density at radius 3 is 1.03 bits per heavy atom. The van der Waals surface area contributed by atoms with Crippen LogP contribution in [0.2, 0.25) is 0 Å². The van der Waals surface area contributed by atoms with Gasteiger partial charge in [-0.15, -0.1) is 0 Å². The largest absolute Gasteiger partial charge is 0.384 e. The first-order valence-corrected chi connectivity index (χ1v) is 9.21. The molecule has 0 N–H and O–H groups in total. The van der Waals surface area contributed by atoms with Crippen LogP contribution in [-0.2, 0) is 10.3 Å². The van der Waals surface area contributed by atoms with Gasteiger partial charge in [-0.05, 0) is 16.7 Å². The Hall–Kier alpha value is -2.87. The van der Waals surface area contributed by atoms with Gasteiger partial charge in [0.25, 0.3) is 0 Å². The maximum Gasteiger partial charge on any atom is 0.384 e. The van der Waals surface area contributed by atoms with E-state index in [0.717, 1.165) is 0 Å². The number of rotatable bonds is 5. The van der Waals surface area contributed by atoms with E-state index in [-0.39, 0.29) is 16.7 Å². The minimum atomic E-state index is -5.91. The molecule has 0 atom stereocenters. The molecule has 1 fully saturated rings. The summed E-state index contributed by atoms with van der Waals surface area (Å²) in [6.45, 7) is 0. The van der Waals surface area contributed by atoms with Gasteiger partial charge in [-0.2, -0.15) is 30.7 Å². The second-order valence-electron chi connectivity index (χ2n) is 7.20. The fraction of sp³-hybridized carbons (Fsp3) is 0.217. The summed E-state index contributed by atoms with van der Waals surface area (Å²) >= 11 is 0. The molecule has 4 rings (SSSR count). The van der Waals surface area contributed by atoms with Crippen molar-refractivity contribution in [1.82, 2.24) is 0 Å². The average Bonchev–Trinajstić information content (AvgIpc) is 2.78. The van der Waals surface area contributed by atoms with Crippen molar-refractivity contribution in [1.29, 1.82) is 0 Å². The van der Waals surface area contributed by atoms with E-state index in [1.54, 1.807) is 18.2 Å². The van der Waals surface area contributed by atoms with Crippen LogP contribution in [0.5, 0.6) is 0 Å². The van der Waals surface area contributed by atoms with Crippen LogP contribution in [0.3, 0.4) is 0 Å². The predicted molar refractivity (Wildman–Crippen MR) is 99.0 cm³/mol. The van der Waals surface area contributed by atoms with Gasteiger partial charge in [0.1, 0.15) is 5.60 Å². The number of hydrogen-bond acceptors (Lipinski definition) is 1. The highest BCUT2D eigenvalue weighted by Crippen LogP contribution is 2.70.